The zero-order chi connectivity index (χ0) is 13.6. The molecule has 0 aromatic rings. The predicted octanol–water partition coefficient (Wildman–Crippen LogP) is -2.25. The van der Waals surface area contributed by atoms with Gasteiger partial charge in [-0.3, -0.25) is 0 Å². The molecule has 0 aliphatic rings. The van der Waals surface area contributed by atoms with Crippen molar-refractivity contribution in [1.82, 2.24) is 0 Å². The molecule has 0 rings (SSSR count). The Labute approximate surface area is 97.9 Å². The fourth-order valence-electron chi connectivity index (χ4n) is 0.893. The Kier molecular flexibility index (Phi) is 6.59. The van der Waals surface area contributed by atoms with Crippen LogP contribution in [0.15, 0.2) is 12.2 Å². The van der Waals surface area contributed by atoms with Gasteiger partial charge in [0.15, 0.2) is 6.29 Å². The van der Waals surface area contributed by atoms with E-state index in [0.29, 0.717) is 0 Å². The van der Waals surface area contributed by atoms with Crippen molar-refractivity contribution in [2.45, 2.75) is 31.3 Å². The lowest BCUT2D eigenvalue weighted by Crippen LogP contribution is -2.46. The molecule has 0 heterocycles. The minimum Gasteiger partial charge on any atom is -0.459 e. The Morgan fingerprint density at radius 2 is 1.82 bits per heavy atom. The summed E-state index contributed by atoms with van der Waals surface area (Å²) >= 11 is 0. The van der Waals surface area contributed by atoms with E-state index in [-0.39, 0.29) is 11.9 Å². The van der Waals surface area contributed by atoms with E-state index in [4.69, 9.17) is 5.11 Å². The van der Waals surface area contributed by atoms with E-state index in [1.165, 1.54) is 6.92 Å². The fraction of sp³-hybridized carbons (Fsp3) is 0.600. The molecule has 0 unspecified atom stereocenters. The number of aliphatic hydroxyl groups excluding tert-OH is 4. The van der Waals surface area contributed by atoms with E-state index in [9.17, 15) is 24.9 Å². The summed E-state index contributed by atoms with van der Waals surface area (Å²) in [5.41, 5.74) is 0.111. The third-order valence-corrected chi connectivity index (χ3v) is 1.97. The normalized spacial score (nSPS) is 17.7. The van der Waals surface area contributed by atoms with E-state index in [1.54, 1.807) is 0 Å². The molecule has 4 atom stereocenters. The van der Waals surface area contributed by atoms with Gasteiger partial charge in [-0.1, -0.05) is 6.58 Å². The largest absolute Gasteiger partial charge is 0.459 e. The van der Waals surface area contributed by atoms with Crippen LogP contribution in [0.1, 0.15) is 6.92 Å². The molecule has 0 aromatic carbocycles. The molecule has 0 saturated carbocycles. The number of ether oxygens (including phenoxy) is 1. The van der Waals surface area contributed by atoms with Gasteiger partial charge in [-0.05, 0) is 6.92 Å². The average Bonchev–Trinajstić information content (AvgIpc) is 2.32. The Balaban J connectivity index is 4.22. The highest BCUT2D eigenvalue weighted by Crippen LogP contribution is 2.05. The van der Waals surface area contributed by atoms with Crippen LogP contribution in [-0.4, -0.2) is 63.7 Å². The van der Waals surface area contributed by atoms with Crippen molar-refractivity contribution in [3.63, 3.8) is 0 Å². The third kappa shape index (κ3) is 5.05. The first-order valence-electron chi connectivity index (χ1n) is 4.81. The number of carbonyl (C=O) groups is 2. The lowest BCUT2D eigenvalue weighted by Gasteiger charge is -2.23. The van der Waals surface area contributed by atoms with E-state index in [0.717, 1.165) is 0 Å². The van der Waals surface area contributed by atoms with Crippen LogP contribution < -0.4 is 0 Å². The van der Waals surface area contributed by atoms with Gasteiger partial charge in [-0.2, -0.15) is 0 Å². The van der Waals surface area contributed by atoms with E-state index >= 15 is 0 Å². The Morgan fingerprint density at radius 3 is 2.24 bits per heavy atom. The maximum atomic E-state index is 10.9. The SMILES string of the molecule is C=C(C)C(=O)OC[C@@H](O)[C@H](O)[C@@H](O)[C@H](O)C=O. The molecule has 4 N–H and O–H groups in total. The quantitative estimate of drug-likeness (QED) is 0.228. The summed E-state index contributed by atoms with van der Waals surface area (Å²) in [5.74, 6) is -0.762. The molecule has 0 saturated heterocycles. The number of hydrogen-bond donors (Lipinski definition) is 4. The van der Waals surface area contributed by atoms with Crippen molar-refractivity contribution in [2.75, 3.05) is 6.61 Å². The van der Waals surface area contributed by atoms with Crippen molar-refractivity contribution in [3.8, 4) is 0 Å². The smallest absolute Gasteiger partial charge is 0.333 e. The van der Waals surface area contributed by atoms with Crippen molar-refractivity contribution < 1.29 is 34.8 Å². The van der Waals surface area contributed by atoms with Gasteiger partial charge in [0.1, 0.15) is 31.0 Å². The first-order valence-corrected chi connectivity index (χ1v) is 4.81. The standard InChI is InChI=1S/C10H16O7/c1-5(2)10(16)17-4-7(13)9(15)8(14)6(12)3-11/h3,6-9,12-15H,1,4H2,2H3/t6-,7-,8+,9+/m1/s1. The number of aldehydes is 1. The monoisotopic (exact) mass is 248 g/mol. The second-order valence-electron chi connectivity index (χ2n) is 3.55. The molecular formula is C10H16O7. The average molecular weight is 248 g/mol. The summed E-state index contributed by atoms with van der Waals surface area (Å²) in [5, 5.41) is 36.7. The summed E-state index contributed by atoms with van der Waals surface area (Å²) in [7, 11) is 0. The van der Waals surface area contributed by atoms with Crippen LogP contribution in [-0.2, 0) is 14.3 Å². The van der Waals surface area contributed by atoms with Crippen LogP contribution in [0.25, 0.3) is 0 Å². The lowest BCUT2D eigenvalue weighted by molar-refractivity contribution is -0.152. The second-order valence-corrected chi connectivity index (χ2v) is 3.55. The third-order valence-electron chi connectivity index (χ3n) is 1.97. The van der Waals surface area contributed by atoms with Crippen LogP contribution in [0.4, 0.5) is 0 Å². The molecule has 0 fully saturated rings. The number of aliphatic hydroxyl groups is 4. The van der Waals surface area contributed by atoms with Gasteiger partial charge in [-0.15, -0.1) is 0 Å². The van der Waals surface area contributed by atoms with Crippen LogP contribution >= 0.6 is 0 Å². The van der Waals surface area contributed by atoms with Crippen molar-refractivity contribution in [1.29, 1.82) is 0 Å². The molecule has 98 valence electrons. The molecule has 0 radical (unpaired) electrons. The summed E-state index contributed by atoms with van der Waals surface area (Å²) in [6.45, 7) is 4.11. The zero-order valence-corrected chi connectivity index (χ0v) is 9.31. The first-order chi connectivity index (χ1) is 7.81. The van der Waals surface area contributed by atoms with Crippen LogP contribution in [0.2, 0.25) is 0 Å². The number of esters is 1. The number of hydrogen-bond acceptors (Lipinski definition) is 7. The van der Waals surface area contributed by atoms with Gasteiger partial charge in [0.2, 0.25) is 0 Å². The molecule has 0 bridgehead atoms. The molecule has 17 heavy (non-hydrogen) atoms. The minimum atomic E-state index is -1.86. The van der Waals surface area contributed by atoms with Gasteiger partial charge in [0.05, 0.1) is 0 Å². The van der Waals surface area contributed by atoms with Gasteiger partial charge in [0, 0.05) is 5.57 Å². The van der Waals surface area contributed by atoms with E-state index < -0.39 is 37.0 Å². The maximum Gasteiger partial charge on any atom is 0.333 e. The van der Waals surface area contributed by atoms with Crippen molar-refractivity contribution in [2.24, 2.45) is 0 Å². The van der Waals surface area contributed by atoms with E-state index in [1.807, 2.05) is 0 Å². The van der Waals surface area contributed by atoms with Gasteiger partial charge in [-0.25, -0.2) is 4.79 Å². The molecule has 7 nitrogen and oxygen atoms in total. The van der Waals surface area contributed by atoms with Gasteiger partial charge < -0.3 is 30.0 Å². The Bertz CT molecular complexity index is 288. The van der Waals surface area contributed by atoms with Crippen LogP contribution in [0.3, 0.4) is 0 Å². The van der Waals surface area contributed by atoms with Crippen LogP contribution in [0.5, 0.6) is 0 Å². The van der Waals surface area contributed by atoms with Crippen molar-refractivity contribution in [3.05, 3.63) is 12.2 Å². The summed E-state index contributed by atoms with van der Waals surface area (Å²) in [6, 6.07) is 0. The zero-order valence-electron chi connectivity index (χ0n) is 9.31. The highest BCUT2D eigenvalue weighted by Gasteiger charge is 2.30. The van der Waals surface area contributed by atoms with Crippen LogP contribution in [0, 0.1) is 0 Å². The van der Waals surface area contributed by atoms with Gasteiger partial charge >= 0.3 is 5.97 Å². The number of carbonyl (C=O) groups excluding carboxylic acids is 2. The molecule has 7 heteroatoms. The second kappa shape index (κ2) is 7.13. The predicted molar refractivity (Wildman–Crippen MR) is 55.9 cm³/mol. The highest BCUT2D eigenvalue weighted by atomic mass is 16.5. The Hall–Kier alpha value is -1.28. The molecular weight excluding hydrogens is 232 g/mol. The molecule has 0 aliphatic carbocycles. The molecule has 0 spiro atoms. The molecule has 0 aliphatic heterocycles. The minimum absolute atomic E-state index is 0.0144. The summed E-state index contributed by atoms with van der Waals surface area (Å²) < 4.78 is 4.52. The maximum absolute atomic E-state index is 10.9. The topological polar surface area (TPSA) is 124 Å². The van der Waals surface area contributed by atoms with E-state index in [2.05, 4.69) is 11.3 Å². The highest BCUT2D eigenvalue weighted by molar-refractivity contribution is 5.86. The summed E-state index contributed by atoms with van der Waals surface area (Å²) in [4.78, 5) is 21.1. The molecule has 0 amide bonds. The summed E-state index contributed by atoms with van der Waals surface area (Å²) in [6.07, 6.45) is -7.10. The first kappa shape index (κ1) is 15.7. The number of rotatable bonds is 7. The lowest BCUT2D eigenvalue weighted by atomic mass is 10.0. The van der Waals surface area contributed by atoms with Crippen molar-refractivity contribution >= 4 is 12.3 Å². The molecule has 0 aromatic heterocycles. The fourth-order valence-corrected chi connectivity index (χ4v) is 0.893. The Morgan fingerprint density at radius 1 is 1.29 bits per heavy atom. The van der Waals surface area contributed by atoms with Gasteiger partial charge in [0.25, 0.3) is 0 Å².